The van der Waals surface area contributed by atoms with Crippen molar-refractivity contribution in [3.05, 3.63) is 31.7 Å². The Labute approximate surface area is 119 Å². The maximum atomic E-state index is 9.18. The minimum absolute atomic E-state index is 0.351. The van der Waals surface area contributed by atoms with Gasteiger partial charge in [-0.2, -0.15) is 10.5 Å². The lowest BCUT2D eigenvalue weighted by Gasteiger charge is -2.11. The summed E-state index contributed by atoms with van der Waals surface area (Å²) in [5.41, 5.74) is 2.62. The standard InChI is InChI=1S/C13H12Br2N2/c1-2-3-4-10-11(8-17)12(14)7-9(5-6-16)13(10)15/h7H,2-5H2,1H3. The normalized spacial score (nSPS) is 9.71. The fourth-order valence-electron chi connectivity index (χ4n) is 1.66. The van der Waals surface area contributed by atoms with Crippen molar-refractivity contribution < 1.29 is 0 Å². The molecule has 0 atom stereocenters. The Morgan fingerprint density at radius 3 is 2.53 bits per heavy atom. The summed E-state index contributed by atoms with van der Waals surface area (Å²) in [7, 11) is 0. The fraction of sp³-hybridized carbons (Fsp3) is 0.385. The number of nitrogens with zero attached hydrogens (tertiary/aromatic N) is 2. The largest absolute Gasteiger partial charge is 0.198 e. The lowest BCUT2D eigenvalue weighted by molar-refractivity contribution is 0.789. The number of benzene rings is 1. The van der Waals surface area contributed by atoms with Gasteiger partial charge in [-0.25, -0.2) is 0 Å². The fourth-order valence-corrected chi connectivity index (χ4v) is 2.91. The van der Waals surface area contributed by atoms with Gasteiger partial charge < -0.3 is 0 Å². The molecule has 0 N–H and O–H groups in total. The predicted octanol–water partition coefficient (Wildman–Crippen LogP) is 4.49. The third-order valence-electron chi connectivity index (χ3n) is 2.55. The van der Waals surface area contributed by atoms with Crippen molar-refractivity contribution in [1.29, 1.82) is 10.5 Å². The maximum absolute atomic E-state index is 9.18. The molecule has 1 aromatic carbocycles. The van der Waals surface area contributed by atoms with Crippen LogP contribution in [-0.2, 0) is 12.8 Å². The Hall–Kier alpha value is -0.840. The van der Waals surface area contributed by atoms with Crippen LogP contribution < -0.4 is 0 Å². The van der Waals surface area contributed by atoms with E-state index in [9.17, 15) is 5.26 Å². The third-order valence-corrected chi connectivity index (χ3v) is 4.16. The van der Waals surface area contributed by atoms with E-state index in [0.29, 0.717) is 12.0 Å². The highest BCUT2D eigenvalue weighted by molar-refractivity contribution is 9.11. The minimum atomic E-state index is 0.351. The Balaban J connectivity index is 3.31. The molecule has 0 spiro atoms. The number of nitriles is 2. The van der Waals surface area contributed by atoms with Crippen LogP contribution in [0.25, 0.3) is 0 Å². The van der Waals surface area contributed by atoms with Crippen molar-refractivity contribution in [1.82, 2.24) is 0 Å². The quantitative estimate of drug-likeness (QED) is 0.798. The molecule has 0 saturated heterocycles. The van der Waals surface area contributed by atoms with E-state index in [4.69, 9.17) is 5.26 Å². The summed E-state index contributed by atoms with van der Waals surface area (Å²) >= 11 is 6.92. The van der Waals surface area contributed by atoms with Crippen LogP contribution in [0.4, 0.5) is 0 Å². The average Bonchev–Trinajstić information content (AvgIpc) is 2.31. The molecule has 0 radical (unpaired) electrons. The van der Waals surface area contributed by atoms with Gasteiger partial charge in [0.15, 0.2) is 0 Å². The molecule has 0 aliphatic rings. The molecule has 17 heavy (non-hydrogen) atoms. The van der Waals surface area contributed by atoms with Gasteiger partial charge in [-0.1, -0.05) is 29.3 Å². The molecule has 0 unspecified atom stereocenters. The SMILES string of the molecule is CCCCc1c(Br)c(CC#N)cc(Br)c1C#N. The second-order valence-corrected chi connectivity index (χ2v) is 5.38. The van der Waals surface area contributed by atoms with E-state index in [0.717, 1.165) is 39.3 Å². The van der Waals surface area contributed by atoms with Crippen molar-refractivity contribution in [2.45, 2.75) is 32.6 Å². The Morgan fingerprint density at radius 2 is 2.00 bits per heavy atom. The number of rotatable bonds is 4. The zero-order chi connectivity index (χ0) is 12.8. The van der Waals surface area contributed by atoms with Crippen molar-refractivity contribution >= 4 is 31.9 Å². The molecule has 1 rings (SSSR count). The molecule has 0 bridgehead atoms. The summed E-state index contributed by atoms with van der Waals surface area (Å²) in [6, 6.07) is 6.21. The summed E-state index contributed by atoms with van der Waals surface area (Å²) in [5.74, 6) is 0. The summed E-state index contributed by atoms with van der Waals surface area (Å²) in [6.07, 6.45) is 3.33. The first-order valence-corrected chi connectivity index (χ1v) is 7.01. The van der Waals surface area contributed by atoms with Crippen molar-refractivity contribution in [3.63, 3.8) is 0 Å². The van der Waals surface area contributed by atoms with Gasteiger partial charge in [0.25, 0.3) is 0 Å². The number of unbranched alkanes of at least 4 members (excludes halogenated alkanes) is 1. The van der Waals surface area contributed by atoms with E-state index < -0.39 is 0 Å². The van der Waals surface area contributed by atoms with Crippen LogP contribution in [0.15, 0.2) is 15.0 Å². The molecule has 0 saturated carbocycles. The Morgan fingerprint density at radius 1 is 1.29 bits per heavy atom. The molecule has 4 heteroatoms. The molecular formula is C13H12Br2N2. The molecule has 88 valence electrons. The molecule has 0 aromatic heterocycles. The molecule has 0 amide bonds. The average molecular weight is 356 g/mol. The van der Waals surface area contributed by atoms with Crippen LogP contribution in [0.2, 0.25) is 0 Å². The predicted molar refractivity (Wildman–Crippen MR) is 74.5 cm³/mol. The van der Waals surface area contributed by atoms with Gasteiger partial charge in [-0.15, -0.1) is 0 Å². The molecule has 2 nitrogen and oxygen atoms in total. The monoisotopic (exact) mass is 354 g/mol. The lowest BCUT2D eigenvalue weighted by Crippen LogP contribution is -1.98. The number of halogens is 2. The zero-order valence-electron chi connectivity index (χ0n) is 9.56. The Kier molecular flexibility index (Phi) is 5.68. The van der Waals surface area contributed by atoms with Crippen LogP contribution in [0.5, 0.6) is 0 Å². The van der Waals surface area contributed by atoms with E-state index >= 15 is 0 Å². The first-order chi connectivity index (χ1) is 8.15. The molecule has 0 aliphatic carbocycles. The maximum Gasteiger partial charge on any atom is 0.101 e. The van der Waals surface area contributed by atoms with Crippen molar-refractivity contribution in [2.24, 2.45) is 0 Å². The number of hydrogen-bond donors (Lipinski definition) is 0. The highest BCUT2D eigenvalue weighted by atomic mass is 79.9. The Bertz CT molecular complexity index is 496. The van der Waals surface area contributed by atoms with Crippen LogP contribution in [0, 0.1) is 22.7 Å². The van der Waals surface area contributed by atoms with Crippen LogP contribution in [0.3, 0.4) is 0 Å². The topological polar surface area (TPSA) is 47.6 Å². The van der Waals surface area contributed by atoms with Gasteiger partial charge in [-0.05, 0) is 46.0 Å². The van der Waals surface area contributed by atoms with Crippen molar-refractivity contribution in [2.75, 3.05) is 0 Å². The highest BCUT2D eigenvalue weighted by Crippen LogP contribution is 2.32. The molecule has 0 heterocycles. The smallest absolute Gasteiger partial charge is 0.101 e. The van der Waals surface area contributed by atoms with E-state index in [2.05, 4.69) is 50.9 Å². The first-order valence-electron chi connectivity index (χ1n) is 5.42. The summed E-state index contributed by atoms with van der Waals surface area (Å²) in [6.45, 7) is 2.12. The minimum Gasteiger partial charge on any atom is -0.198 e. The molecule has 0 fully saturated rings. The van der Waals surface area contributed by atoms with Gasteiger partial charge >= 0.3 is 0 Å². The summed E-state index contributed by atoms with van der Waals surface area (Å²) in [5, 5.41) is 18.0. The zero-order valence-corrected chi connectivity index (χ0v) is 12.7. The van der Waals surface area contributed by atoms with Gasteiger partial charge in [0, 0.05) is 8.95 Å². The van der Waals surface area contributed by atoms with Crippen LogP contribution in [-0.4, -0.2) is 0 Å². The van der Waals surface area contributed by atoms with Crippen LogP contribution in [0.1, 0.15) is 36.5 Å². The van der Waals surface area contributed by atoms with Crippen molar-refractivity contribution in [3.8, 4) is 12.1 Å². The number of hydrogen-bond acceptors (Lipinski definition) is 2. The molecule has 1 aromatic rings. The van der Waals surface area contributed by atoms with E-state index in [1.54, 1.807) is 0 Å². The van der Waals surface area contributed by atoms with Gasteiger partial charge in [-0.3, -0.25) is 0 Å². The third kappa shape index (κ3) is 3.31. The second-order valence-electron chi connectivity index (χ2n) is 3.74. The van der Waals surface area contributed by atoms with E-state index in [1.165, 1.54) is 0 Å². The second kappa shape index (κ2) is 6.79. The molecule has 0 aliphatic heterocycles. The highest BCUT2D eigenvalue weighted by Gasteiger charge is 2.14. The summed E-state index contributed by atoms with van der Waals surface area (Å²) < 4.78 is 1.69. The molecular weight excluding hydrogens is 344 g/mol. The van der Waals surface area contributed by atoms with Gasteiger partial charge in [0.05, 0.1) is 18.1 Å². The van der Waals surface area contributed by atoms with E-state index in [1.807, 2.05) is 6.07 Å². The summed E-state index contributed by atoms with van der Waals surface area (Å²) in [4.78, 5) is 0. The van der Waals surface area contributed by atoms with E-state index in [-0.39, 0.29) is 0 Å². The van der Waals surface area contributed by atoms with Crippen LogP contribution >= 0.6 is 31.9 Å². The van der Waals surface area contributed by atoms with Gasteiger partial charge in [0.1, 0.15) is 6.07 Å². The lowest BCUT2D eigenvalue weighted by atomic mass is 9.99. The first kappa shape index (κ1) is 14.2. The van der Waals surface area contributed by atoms with Gasteiger partial charge in [0.2, 0.25) is 0 Å².